The maximum Gasteiger partial charge on any atom is 0.137 e. The van der Waals surface area contributed by atoms with Crippen LogP contribution in [0.15, 0.2) is 52.3 Å². The van der Waals surface area contributed by atoms with Crippen molar-refractivity contribution in [3.05, 3.63) is 59.4 Å². The van der Waals surface area contributed by atoms with Crippen molar-refractivity contribution in [2.75, 3.05) is 7.05 Å². The highest BCUT2D eigenvalue weighted by molar-refractivity contribution is 7.99. The molecule has 1 unspecified atom stereocenters. The van der Waals surface area contributed by atoms with Gasteiger partial charge in [-0.25, -0.2) is 4.39 Å². The van der Waals surface area contributed by atoms with Crippen LogP contribution in [-0.4, -0.2) is 7.05 Å². The molecule has 0 aromatic heterocycles. The highest BCUT2D eigenvalue weighted by atomic mass is 32.2. The number of rotatable bonds is 3. The second kappa shape index (κ2) is 5.98. The number of hydrogen-bond donors (Lipinski definition) is 1. The van der Waals surface area contributed by atoms with Crippen LogP contribution >= 0.6 is 11.8 Å². The van der Waals surface area contributed by atoms with E-state index in [1.54, 1.807) is 6.07 Å². The van der Waals surface area contributed by atoms with Gasteiger partial charge in [-0.05, 0) is 61.7 Å². The number of fused-ring (bicyclic) bond motifs is 1. The third kappa shape index (κ3) is 2.74. The second-order valence-electron chi connectivity index (χ2n) is 5.13. The minimum atomic E-state index is -0.150. The molecule has 0 radical (unpaired) electrons. The predicted molar refractivity (Wildman–Crippen MR) is 81.7 cm³/mol. The summed E-state index contributed by atoms with van der Waals surface area (Å²) in [5.41, 5.74) is 2.80. The highest BCUT2D eigenvalue weighted by Crippen LogP contribution is 2.35. The normalized spacial score (nSPS) is 17.8. The Kier molecular flexibility index (Phi) is 4.08. The Morgan fingerprint density at radius 1 is 1.20 bits per heavy atom. The van der Waals surface area contributed by atoms with Gasteiger partial charge in [0.2, 0.25) is 0 Å². The Morgan fingerprint density at radius 2 is 2.05 bits per heavy atom. The van der Waals surface area contributed by atoms with Crippen molar-refractivity contribution >= 4 is 11.8 Å². The van der Waals surface area contributed by atoms with Gasteiger partial charge in [0.05, 0.1) is 0 Å². The first-order chi connectivity index (χ1) is 9.78. The molecule has 0 spiro atoms. The summed E-state index contributed by atoms with van der Waals surface area (Å²) in [4.78, 5) is 1.80. The van der Waals surface area contributed by atoms with Crippen LogP contribution in [0.5, 0.6) is 0 Å². The van der Waals surface area contributed by atoms with Gasteiger partial charge in [0.15, 0.2) is 0 Å². The first-order valence-corrected chi connectivity index (χ1v) is 7.82. The van der Waals surface area contributed by atoms with Gasteiger partial charge in [0.1, 0.15) is 5.82 Å². The first kappa shape index (κ1) is 13.7. The largest absolute Gasteiger partial charge is 0.313 e. The van der Waals surface area contributed by atoms with Crippen molar-refractivity contribution < 1.29 is 4.39 Å². The monoisotopic (exact) mass is 287 g/mol. The van der Waals surface area contributed by atoms with Crippen molar-refractivity contribution in [3.63, 3.8) is 0 Å². The molecule has 0 heterocycles. The lowest BCUT2D eigenvalue weighted by atomic mass is 9.88. The molecule has 1 aliphatic rings. The van der Waals surface area contributed by atoms with Crippen molar-refractivity contribution in [2.24, 2.45) is 0 Å². The zero-order chi connectivity index (χ0) is 13.9. The van der Waals surface area contributed by atoms with Gasteiger partial charge in [0, 0.05) is 15.8 Å². The van der Waals surface area contributed by atoms with E-state index in [0.29, 0.717) is 10.9 Å². The molecule has 3 heteroatoms. The van der Waals surface area contributed by atoms with Crippen LogP contribution in [0.2, 0.25) is 0 Å². The van der Waals surface area contributed by atoms with Gasteiger partial charge >= 0.3 is 0 Å². The molecule has 104 valence electrons. The molecule has 1 nitrogen and oxygen atoms in total. The number of nitrogens with one attached hydrogen (secondary N) is 1. The fraction of sp³-hybridized carbons (Fsp3) is 0.294. The van der Waals surface area contributed by atoms with Gasteiger partial charge in [-0.15, -0.1) is 0 Å². The van der Waals surface area contributed by atoms with Crippen LogP contribution in [0.1, 0.15) is 30.0 Å². The van der Waals surface area contributed by atoms with Crippen molar-refractivity contribution in [3.8, 4) is 0 Å². The topological polar surface area (TPSA) is 12.0 Å². The molecule has 2 aromatic rings. The van der Waals surface area contributed by atoms with E-state index in [1.165, 1.54) is 41.8 Å². The molecule has 0 bridgehead atoms. The highest BCUT2D eigenvalue weighted by Gasteiger charge is 2.18. The first-order valence-electron chi connectivity index (χ1n) is 7.00. The van der Waals surface area contributed by atoms with Gasteiger partial charge in [-0.3, -0.25) is 0 Å². The summed E-state index contributed by atoms with van der Waals surface area (Å²) in [5, 5.41) is 3.37. The smallest absolute Gasteiger partial charge is 0.137 e. The molecule has 0 aliphatic heterocycles. The van der Waals surface area contributed by atoms with Crippen molar-refractivity contribution in [1.29, 1.82) is 0 Å². The lowest BCUT2D eigenvalue weighted by molar-refractivity contribution is 0.496. The lowest BCUT2D eigenvalue weighted by Crippen LogP contribution is -2.21. The zero-order valence-electron chi connectivity index (χ0n) is 11.5. The molecular weight excluding hydrogens is 269 g/mol. The van der Waals surface area contributed by atoms with Crippen LogP contribution in [0.25, 0.3) is 0 Å². The lowest BCUT2D eigenvalue weighted by Gasteiger charge is -2.25. The Hall–Kier alpha value is -1.32. The SMILES string of the molecule is CNC1CCCc2cc(Sc3ccccc3F)ccc21. The van der Waals surface area contributed by atoms with E-state index in [1.807, 2.05) is 19.2 Å². The Bertz CT molecular complexity index is 612. The molecule has 1 atom stereocenters. The average molecular weight is 287 g/mol. The maximum absolute atomic E-state index is 13.7. The van der Waals surface area contributed by atoms with Gasteiger partial charge < -0.3 is 5.32 Å². The minimum absolute atomic E-state index is 0.150. The number of benzene rings is 2. The maximum atomic E-state index is 13.7. The van der Waals surface area contributed by atoms with Crippen LogP contribution in [0, 0.1) is 5.82 Å². The van der Waals surface area contributed by atoms with Crippen LogP contribution in [-0.2, 0) is 6.42 Å². The molecule has 1 N–H and O–H groups in total. The number of hydrogen-bond acceptors (Lipinski definition) is 2. The van der Waals surface area contributed by atoms with Crippen molar-refractivity contribution in [1.82, 2.24) is 5.32 Å². The quantitative estimate of drug-likeness (QED) is 0.887. The molecule has 3 rings (SSSR count). The summed E-state index contributed by atoms with van der Waals surface area (Å²) in [5.74, 6) is -0.150. The van der Waals surface area contributed by atoms with E-state index >= 15 is 0 Å². The van der Waals surface area contributed by atoms with Crippen molar-refractivity contribution in [2.45, 2.75) is 35.1 Å². The summed E-state index contributed by atoms with van der Waals surface area (Å²) in [6.45, 7) is 0. The number of halogens is 1. The molecule has 1 aliphatic carbocycles. The molecule has 0 fully saturated rings. The summed E-state index contributed by atoms with van der Waals surface area (Å²) in [7, 11) is 2.02. The summed E-state index contributed by atoms with van der Waals surface area (Å²) in [6.07, 6.45) is 3.54. The van der Waals surface area contributed by atoms with Gasteiger partial charge in [-0.1, -0.05) is 30.0 Å². The molecule has 20 heavy (non-hydrogen) atoms. The van der Waals surface area contributed by atoms with E-state index in [-0.39, 0.29) is 5.82 Å². The molecular formula is C17H18FNS. The summed E-state index contributed by atoms with van der Waals surface area (Å²) >= 11 is 1.50. The van der Waals surface area contributed by atoms with Crippen LogP contribution in [0.4, 0.5) is 4.39 Å². The average Bonchev–Trinajstić information content (AvgIpc) is 2.49. The van der Waals surface area contributed by atoms with E-state index in [2.05, 4.69) is 23.5 Å². The fourth-order valence-electron chi connectivity index (χ4n) is 2.81. The molecule has 0 saturated heterocycles. The molecule has 0 amide bonds. The Balaban J connectivity index is 1.87. The Labute approximate surface area is 123 Å². The van der Waals surface area contributed by atoms with Crippen LogP contribution in [0.3, 0.4) is 0 Å². The van der Waals surface area contributed by atoms with Gasteiger partial charge in [0.25, 0.3) is 0 Å². The van der Waals surface area contributed by atoms with E-state index in [4.69, 9.17) is 0 Å². The summed E-state index contributed by atoms with van der Waals surface area (Å²) in [6, 6.07) is 13.9. The summed E-state index contributed by atoms with van der Waals surface area (Å²) < 4.78 is 13.7. The number of aryl methyl sites for hydroxylation is 1. The fourth-order valence-corrected chi connectivity index (χ4v) is 3.71. The van der Waals surface area contributed by atoms with Gasteiger partial charge in [-0.2, -0.15) is 0 Å². The molecule has 0 saturated carbocycles. The third-order valence-electron chi connectivity index (χ3n) is 3.84. The standard InChI is InChI=1S/C17H18FNS/c1-19-16-7-4-5-12-11-13(9-10-14(12)16)20-17-8-3-2-6-15(17)18/h2-3,6,8-11,16,19H,4-5,7H2,1H3. The minimum Gasteiger partial charge on any atom is -0.313 e. The molecule has 2 aromatic carbocycles. The Morgan fingerprint density at radius 3 is 2.85 bits per heavy atom. The third-order valence-corrected chi connectivity index (χ3v) is 4.88. The second-order valence-corrected chi connectivity index (χ2v) is 6.24. The van der Waals surface area contributed by atoms with E-state index < -0.39 is 0 Å². The predicted octanol–water partition coefficient (Wildman–Crippen LogP) is 4.57. The van der Waals surface area contributed by atoms with E-state index in [0.717, 1.165) is 11.3 Å². The van der Waals surface area contributed by atoms with Crippen LogP contribution < -0.4 is 5.32 Å². The van der Waals surface area contributed by atoms with E-state index in [9.17, 15) is 4.39 Å². The zero-order valence-corrected chi connectivity index (χ0v) is 12.3.